The zero-order chi connectivity index (χ0) is 17.7. The lowest BCUT2D eigenvalue weighted by Gasteiger charge is -2.23. The zero-order valence-electron chi connectivity index (χ0n) is 14.8. The van der Waals surface area contributed by atoms with Crippen LogP contribution >= 0.6 is 0 Å². The van der Waals surface area contributed by atoms with E-state index in [2.05, 4.69) is 24.4 Å². The van der Waals surface area contributed by atoms with Crippen molar-refractivity contribution in [3.8, 4) is 0 Å². The van der Waals surface area contributed by atoms with Crippen LogP contribution in [0.1, 0.15) is 56.2 Å². The molecule has 1 N–H and O–H groups in total. The first-order valence-corrected chi connectivity index (χ1v) is 10.9. The van der Waals surface area contributed by atoms with Gasteiger partial charge in [0.05, 0.1) is 16.7 Å². The highest BCUT2D eigenvalue weighted by Crippen LogP contribution is 2.32. The topological polar surface area (TPSA) is 46.2 Å². The van der Waals surface area contributed by atoms with Gasteiger partial charge >= 0.3 is 0 Å². The summed E-state index contributed by atoms with van der Waals surface area (Å²) in [5, 5.41) is 3.64. The Morgan fingerprint density at radius 2 is 1.68 bits per heavy atom. The number of hydrogen-bond donors (Lipinski definition) is 1. The van der Waals surface area contributed by atoms with Gasteiger partial charge in [0.2, 0.25) is 0 Å². The molecule has 0 bridgehead atoms. The molecule has 2 aromatic rings. The average molecular weight is 358 g/mol. The molecule has 0 radical (unpaired) electrons. The molecule has 2 atom stereocenters. The smallest absolute Gasteiger partial charge is 0.180 e. The van der Waals surface area contributed by atoms with Crippen molar-refractivity contribution < 1.29 is 8.42 Å². The number of benzene rings is 2. The minimum atomic E-state index is -3.27. The fourth-order valence-corrected chi connectivity index (χ4v) is 5.44. The lowest BCUT2D eigenvalue weighted by Crippen LogP contribution is -2.35. The van der Waals surface area contributed by atoms with Gasteiger partial charge in [0, 0.05) is 6.04 Å². The summed E-state index contributed by atoms with van der Waals surface area (Å²) < 4.78 is 25.9. The summed E-state index contributed by atoms with van der Waals surface area (Å²) in [7, 11) is -3.27. The molecule has 1 aliphatic rings. The number of hydrogen-bond acceptors (Lipinski definition) is 3. The van der Waals surface area contributed by atoms with Gasteiger partial charge in [0.1, 0.15) is 0 Å². The zero-order valence-corrected chi connectivity index (χ0v) is 15.6. The average Bonchev–Trinajstić information content (AvgIpc) is 2.74. The van der Waals surface area contributed by atoms with E-state index >= 15 is 0 Å². The predicted molar refractivity (Wildman–Crippen MR) is 102 cm³/mol. The van der Waals surface area contributed by atoms with E-state index < -0.39 is 9.84 Å². The van der Waals surface area contributed by atoms with Crippen molar-refractivity contribution in [1.29, 1.82) is 0 Å². The van der Waals surface area contributed by atoms with Crippen molar-refractivity contribution in [3.63, 3.8) is 0 Å². The second-order valence-electron chi connectivity index (χ2n) is 6.88. The maximum Gasteiger partial charge on any atom is 0.180 e. The van der Waals surface area contributed by atoms with E-state index in [0.717, 1.165) is 30.4 Å². The van der Waals surface area contributed by atoms with Gasteiger partial charge in [-0.3, -0.25) is 0 Å². The molecule has 1 heterocycles. The largest absolute Gasteiger partial charge is 0.302 e. The van der Waals surface area contributed by atoms with Gasteiger partial charge in [-0.2, -0.15) is 0 Å². The Labute approximate surface area is 151 Å². The van der Waals surface area contributed by atoms with Gasteiger partial charge < -0.3 is 5.32 Å². The second kappa shape index (κ2) is 8.15. The Morgan fingerprint density at radius 3 is 2.44 bits per heavy atom. The molecular weight excluding hydrogens is 330 g/mol. The van der Waals surface area contributed by atoms with Crippen molar-refractivity contribution in [2.24, 2.45) is 0 Å². The second-order valence-corrected chi connectivity index (χ2v) is 8.88. The highest BCUT2D eigenvalue weighted by atomic mass is 32.2. The SMILES string of the molecule is CCCCCCC1CS(=O)(=O)c2ccccc2C(c2ccccc2)N1. The molecule has 0 aliphatic carbocycles. The van der Waals surface area contributed by atoms with Crippen LogP contribution in [0.3, 0.4) is 0 Å². The van der Waals surface area contributed by atoms with Crippen molar-refractivity contribution >= 4 is 9.84 Å². The third-order valence-electron chi connectivity index (χ3n) is 4.93. The Balaban J connectivity index is 1.94. The molecule has 134 valence electrons. The summed E-state index contributed by atoms with van der Waals surface area (Å²) in [4.78, 5) is 0.479. The van der Waals surface area contributed by atoms with Crippen LogP contribution < -0.4 is 5.32 Å². The molecular formula is C21H27NO2S. The van der Waals surface area contributed by atoms with Gasteiger partial charge in [-0.15, -0.1) is 0 Å². The first-order valence-electron chi connectivity index (χ1n) is 9.24. The van der Waals surface area contributed by atoms with Gasteiger partial charge in [-0.25, -0.2) is 8.42 Å². The molecule has 3 nitrogen and oxygen atoms in total. The quantitative estimate of drug-likeness (QED) is 0.775. The van der Waals surface area contributed by atoms with E-state index in [1.54, 1.807) is 6.07 Å². The van der Waals surface area contributed by atoms with Crippen LogP contribution in [0.5, 0.6) is 0 Å². The van der Waals surface area contributed by atoms with Gasteiger partial charge in [0.25, 0.3) is 0 Å². The first-order chi connectivity index (χ1) is 12.1. The highest BCUT2D eigenvalue weighted by molar-refractivity contribution is 7.91. The fraction of sp³-hybridized carbons (Fsp3) is 0.429. The van der Waals surface area contributed by atoms with Crippen LogP contribution in [0.25, 0.3) is 0 Å². The number of fused-ring (bicyclic) bond motifs is 1. The van der Waals surface area contributed by atoms with Crippen LogP contribution in [-0.2, 0) is 9.84 Å². The van der Waals surface area contributed by atoms with Crippen LogP contribution in [0.2, 0.25) is 0 Å². The Morgan fingerprint density at radius 1 is 0.960 bits per heavy atom. The lowest BCUT2D eigenvalue weighted by molar-refractivity contribution is 0.454. The fourth-order valence-electron chi connectivity index (χ4n) is 3.64. The predicted octanol–water partition coefficient (Wildman–Crippen LogP) is 4.49. The van der Waals surface area contributed by atoms with Crippen LogP contribution in [0.4, 0.5) is 0 Å². The minimum Gasteiger partial charge on any atom is -0.302 e. The molecule has 25 heavy (non-hydrogen) atoms. The van der Waals surface area contributed by atoms with Gasteiger partial charge in [0.15, 0.2) is 9.84 Å². The summed E-state index contributed by atoms with van der Waals surface area (Å²) in [6, 6.07) is 17.5. The van der Waals surface area contributed by atoms with Gasteiger partial charge in [-0.1, -0.05) is 81.1 Å². The van der Waals surface area contributed by atoms with E-state index in [1.807, 2.05) is 36.4 Å². The van der Waals surface area contributed by atoms with Gasteiger partial charge in [-0.05, 0) is 23.6 Å². The maximum absolute atomic E-state index is 12.9. The molecule has 2 aromatic carbocycles. The number of nitrogens with one attached hydrogen (secondary N) is 1. The van der Waals surface area contributed by atoms with E-state index in [1.165, 1.54) is 12.8 Å². The van der Waals surface area contributed by atoms with E-state index in [-0.39, 0.29) is 17.8 Å². The summed E-state index contributed by atoms with van der Waals surface area (Å²) in [5.41, 5.74) is 1.98. The van der Waals surface area contributed by atoms with E-state index in [4.69, 9.17) is 0 Å². The molecule has 0 fully saturated rings. The Kier molecular flexibility index (Phi) is 5.92. The van der Waals surface area contributed by atoms with Crippen LogP contribution in [0, 0.1) is 0 Å². The molecule has 0 saturated heterocycles. The number of rotatable bonds is 6. The first kappa shape index (κ1) is 18.2. The number of unbranched alkanes of at least 4 members (excludes halogenated alkanes) is 3. The Bertz CT molecular complexity index is 787. The molecule has 0 spiro atoms. The molecule has 2 unspecified atom stereocenters. The monoisotopic (exact) mass is 357 g/mol. The van der Waals surface area contributed by atoms with Crippen molar-refractivity contribution in [1.82, 2.24) is 5.32 Å². The van der Waals surface area contributed by atoms with Crippen LogP contribution in [0.15, 0.2) is 59.5 Å². The molecule has 4 heteroatoms. The maximum atomic E-state index is 12.9. The Hall–Kier alpha value is -1.65. The van der Waals surface area contributed by atoms with Crippen molar-refractivity contribution in [2.75, 3.05) is 5.75 Å². The summed E-state index contributed by atoms with van der Waals surface area (Å²) in [6.07, 6.45) is 5.53. The standard InChI is InChI=1S/C21H27NO2S/c1-2-3-4-8-13-18-16-25(23,24)20-15-10-9-14-19(20)21(22-18)17-11-6-5-7-12-17/h5-7,9-12,14-15,18,21-22H,2-4,8,13,16H2,1H3. The molecule has 1 aliphatic heterocycles. The molecule has 0 saturated carbocycles. The molecule has 0 amide bonds. The lowest BCUT2D eigenvalue weighted by atomic mass is 9.97. The number of sulfone groups is 1. The van der Waals surface area contributed by atoms with Crippen molar-refractivity contribution in [2.45, 2.75) is 56.0 Å². The minimum absolute atomic E-state index is 0.0144. The van der Waals surface area contributed by atoms with E-state index in [9.17, 15) is 8.42 Å². The third-order valence-corrected chi connectivity index (χ3v) is 6.81. The third kappa shape index (κ3) is 4.31. The summed E-state index contributed by atoms with van der Waals surface area (Å²) >= 11 is 0. The normalized spacial score (nSPS) is 22.1. The summed E-state index contributed by atoms with van der Waals surface area (Å²) in [5.74, 6) is 0.180. The highest BCUT2D eigenvalue weighted by Gasteiger charge is 2.32. The van der Waals surface area contributed by atoms with E-state index in [0.29, 0.717) is 4.90 Å². The summed E-state index contributed by atoms with van der Waals surface area (Å²) in [6.45, 7) is 2.19. The molecule has 0 aromatic heterocycles. The van der Waals surface area contributed by atoms with Crippen molar-refractivity contribution in [3.05, 3.63) is 65.7 Å². The molecule has 3 rings (SSSR count). The van der Waals surface area contributed by atoms with Crippen LogP contribution in [-0.4, -0.2) is 20.2 Å².